The molecule has 0 unspecified atom stereocenters. The van der Waals surface area contributed by atoms with Gasteiger partial charge in [0.1, 0.15) is 11.6 Å². The molecule has 1 amide bonds. The number of benzene rings is 1. The van der Waals surface area contributed by atoms with Crippen molar-refractivity contribution in [2.24, 2.45) is 0 Å². The Morgan fingerprint density at radius 3 is 2.80 bits per heavy atom. The lowest BCUT2D eigenvalue weighted by atomic mass is 10.2. The molecular formula is C12H17FN2O4S. The number of ether oxygens (including phenoxy) is 1. The number of carbonyl (C=O) groups excluding carboxylic acids is 1. The highest BCUT2D eigenvalue weighted by molar-refractivity contribution is 7.92. The Morgan fingerprint density at radius 1 is 1.45 bits per heavy atom. The van der Waals surface area contributed by atoms with E-state index in [9.17, 15) is 17.6 Å². The molecule has 8 heteroatoms. The Hall–Kier alpha value is -1.67. The molecule has 0 fully saturated rings. The first kappa shape index (κ1) is 16.4. The third-order valence-corrected chi connectivity index (χ3v) is 4.03. The van der Waals surface area contributed by atoms with Gasteiger partial charge in [-0.15, -0.1) is 0 Å². The number of halogens is 1. The van der Waals surface area contributed by atoms with Crippen molar-refractivity contribution in [2.45, 2.75) is 6.42 Å². The van der Waals surface area contributed by atoms with Gasteiger partial charge >= 0.3 is 0 Å². The van der Waals surface area contributed by atoms with E-state index in [-0.39, 0.29) is 17.1 Å². The largest absolute Gasteiger partial charge is 0.399 e. The van der Waals surface area contributed by atoms with Gasteiger partial charge in [0.2, 0.25) is 5.91 Å². The molecule has 0 saturated carbocycles. The zero-order valence-corrected chi connectivity index (χ0v) is 11.9. The Labute approximate surface area is 117 Å². The average Bonchev–Trinajstić information content (AvgIpc) is 2.33. The number of methoxy groups -OCH3 is 1. The third kappa shape index (κ3) is 5.54. The molecule has 1 aromatic rings. The highest BCUT2D eigenvalue weighted by atomic mass is 32.2. The second-order valence-corrected chi connectivity index (χ2v) is 6.41. The maximum Gasteiger partial charge on any atom is 0.239 e. The van der Waals surface area contributed by atoms with Gasteiger partial charge in [-0.25, -0.2) is 12.8 Å². The molecule has 0 heterocycles. The molecule has 0 aliphatic heterocycles. The normalized spacial score (nSPS) is 11.3. The van der Waals surface area contributed by atoms with Crippen LogP contribution in [0.25, 0.3) is 0 Å². The summed E-state index contributed by atoms with van der Waals surface area (Å²) in [5, 5.41) is 2.19. The maximum atomic E-state index is 13.4. The lowest BCUT2D eigenvalue weighted by Crippen LogP contribution is -2.25. The smallest absolute Gasteiger partial charge is 0.239 e. The molecule has 20 heavy (non-hydrogen) atoms. The van der Waals surface area contributed by atoms with E-state index in [1.165, 1.54) is 19.2 Å². The fraction of sp³-hybridized carbons (Fsp3) is 0.417. The molecule has 0 saturated heterocycles. The third-order valence-electron chi connectivity index (χ3n) is 2.42. The number of rotatable bonds is 7. The molecule has 112 valence electrons. The number of hydrogen-bond acceptors (Lipinski definition) is 5. The van der Waals surface area contributed by atoms with E-state index in [0.29, 0.717) is 13.0 Å². The van der Waals surface area contributed by atoms with Gasteiger partial charge in [0.05, 0.1) is 11.4 Å². The van der Waals surface area contributed by atoms with Gasteiger partial charge < -0.3 is 15.8 Å². The molecule has 1 rings (SSSR count). The monoisotopic (exact) mass is 304 g/mol. The molecule has 1 aromatic carbocycles. The van der Waals surface area contributed by atoms with Crippen molar-refractivity contribution >= 4 is 27.1 Å². The van der Waals surface area contributed by atoms with Crippen molar-refractivity contribution < 1.29 is 22.3 Å². The SMILES string of the molecule is COCCCS(=O)(=O)CC(=O)Nc1cc(N)ccc1F. The van der Waals surface area contributed by atoms with E-state index in [4.69, 9.17) is 10.5 Å². The fourth-order valence-corrected chi connectivity index (χ4v) is 2.69. The van der Waals surface area contributed by atoms with Crippen LogP contribution in [0.5, 0.6) is 0 Å². The lowest BCUT2D eigenvalue weighted by molar-refractivity contribution is -0.113. The molecule has 0 aliphatic rings. The van der Waals surface area contributed by atoms with Crippen LogP contribution in [0.3, 0.4) is 0 Å². The number of nitrogens with two attached hydrogens (primary N) is 1. The zero-order chi connectivity index (χ0) is 15.2. The molecule has 0 bridgehead atoms. The number of carbonyl (C=O) groups is 1. The molecule has 0 spiro atoms. The Kier molecular flexibility index (Phi) is 5.90. The van der Waals surface area contributed by atoms with Crippen LogP contribution in [0, 0.1) is 5.82 Å². The van der Waals surface area contributed by atoms with Crippen LogP contribution in [0.2, 0.25) is 0 Å². The predicted molar refractivity (Wildman–Crippen MR) is 74.6 cm³/mol. The minimum atomic E-state index is -3.54. The van der Waals surface area contributed by atoms with Crippen LogP contribution in [0.15, 0.2) is 18.2 Å². The van der Waals surface area contributed by atoms with Crippen molar-refractivity contribution in [3.05, 3.63) is 24.0 Å². The molecule has 0 atom stereocenters. The summed E-state index contributed by atoms with van der Waals surface area (Å²) in [5.41, 5.74) is 5.59. The van der Waals surface area contributed by atoms with Gasteiger partial charge in [-0.1, -0.05) is 0 Å². The summed E-state index contributed by atoms with van der Waals surface area (Å²) in [5.74, 6) is -2.34. The lowest BCUT2D eigenvalue weighted by Gasteiger charge is -2.08. The van der Waals surface area contributed by atoms with Crippen molar-refractivity contribution in [2.75, 3.05) is 36.3 Å². The predicted octanol–water partition coefficient (Wildman–Crippen LogP) is 0.798. The minimum Gasteiger partial charge on any atom is -0.399 e. The summed E-state index contributed by atoms with van der Waals surface area (Å²) in [6, 6.07) is 3.66. The van der Waals surface area contributed by atoms with Gasteiger partial charge in [0, 0.05) is 19.4 Å². The summed E-state index contributed by atoms with van der Waals surface area (Å²) in [6.45, 7) is 0.296. The summed E-state index contributed by atoms with van der Waals surface area (Å²) >= 11 is 0. The Bertz CT molecular complexity index is 575. The molecular weight excluding hydrogens is 287 g/mol. The number of hydrogen-bond donors (Lipinski definition) is 2. The van der Waals surface area contributed by atoms with Crippen LogP contribution in [-0.4, -0.2) is 39.5 Å². The summed E-state index contributed by atoms with van der Waals surface area (Å²) in [4.78, 5) is 11.6. The second-order valence-electron chi connectivity index (χ2n) is 4.23. The number of sulfone groups is 1. The number of anilines is 2. The van der Waals surface area contributed by atoms with E-state index in [1.807, 2.05) is 0 Å². The second kappa shape index (κ2) is 7.20. The van der Waals surface area contributed by atoms with E-state index in [2.05, 4.69) is 5.32 Å². The zero-order valence-electron chi connectivity index (χ0n) is 11.1. The van der Waals surface area contributed by atoms with Crippen LogP contribution in [0.4, 0.5) is 15.8 Å². The van der Waals surface area contributed by atoms with Crippen LogP contribution < -0.4 is 11.1 Å². The van der Waals surface area contributed by atoms with Crippen LogP contribution >= 0.6 is 0 Å². The molecule has 0 radical (unpaired) electrons. The summed E-state index contributed by atoms with van der Waals surface area (Å²) in [7, 11) is -2.08. The van der Waals surface area contributed by atoms with Gasteiger partial charge in [0.25, 0.3) is 0 Å². The standard InChI is InChI=1S/C12H17FN2O4S/c1-19-5-2-6-20(17,18)8-12(16)15-11-7-9(14)3-4-10(11)13/h3-4,7H,2,5-6,8,14H2,1H3,(H,15,16). The van der Waals surface area contributed by atoms with Gasteiger partial charge in [0.15, 0.2) is 9.84 Å². The first-order valence-electron chi connectivity index (χ1n) is 5.88. The maximum absolute atomic E-state index is 13.4. The first-order chi connectivity index (χ1) is 9.34. The number of amides is 1. The van der Waals surface area contributed by atoms with E-state index >= 15 is 0 Å². The topological polar surface area (TPSA) is 98.5 Å². The molecule has 0 aliphatic carbocycles. The first-order valence-corrected chi connectivity index (χ1v) is 7.70. The van der Waals surface area contributed by atoms with E-state index in [1.54, 1.807) is 0 Å². The highest BCUT2D eigenvalue weighted by Gasteiger charge is 2.17. The molecule has 0 aromatic heterocycles. The van der Waals surface area contributed by atoms with Gasteiger partial charge in [-0.3, -0.25) is 4.79 Å². The van der Waals surface area contributed by atoms with E-state index in [0.717, 1.165) is 6.07 Å². The van der Waals surface area contributed by atoms with Crippen LogP contribution in [-0.2, 0) is 19.4 Å². The average molecular weight is 304 g/mol. The van der Waals surface area contributed by atoms with Gasteiger partial charge in [-0.2, -0.15) is 0 Å². The van der Waals surface area contributed by atoms with Crippen molar-refractivity contribution in [1.29, 1.82) is 0 Å². The van der Waals surface area contributed by atoms with Gasteiger partial charge in [-0.05, 0) is 24.6 Å². The Balaban J connectivity index is 2.61. The highest BCUT2D eigenvalue weighted by Crippen LogP contribution is 2.17. The Morgan fingerprint density at radius 2 is 2.15 bits per heavy atom. The summed E-state index contributed by atoms with van der Waals surface area (Å²) < 4.78 is 41.4. The van der Waals surface area contributed by atoms with Crippen molar-refractivity contribution in [1.82, 2.24) is 0 Å². The number of nitrogen functional groups attached to an aromatic ring is 1. The summed E-state index contributed by atoms with van der Waals surface area (Å²) in [6.07, 6.45) is 0.304. The molecule has 3 N–H and O–H groups in total. The van der Waals surface area contributed by atoms with E-state index < -0.39 is 27.3 Å². The minimum absolute atomic E-state index is 0.137. The molecule has 6 nitrogen and oxygen atoms in total. The van der Waals surface area contributed by atoms with Crippen molar-refractivity contribution in [3.8, 4) is 0 Å². The van der Waals surface area contributed by atoms with Crippen molar-refractivity contribution in [3.63, 3.8) is 0 Å². The fourth-order valence-electron chi connectivity index (χ4n) is 1.52. The van der Waals surface area contributed by atoms with Crippen LogP contribution in [0.1, 0.15) is 6.42 Å². The number of nitrogens with one attached hydrogen (secondary N) is 1. The quantitative estimate of drug-likeness (QED) is 0.573.